The van der Waals surface area contributed by atoms with Crippen LogP contribution in [0.25, 0.3) is 22.6 Å². The van der Waals surface area contributed by atoms with Crippen LogP contribution in [0, 0.1) is 5.82 Å². The first-order chi connectivity index (χ1) is 15.5. The smallest absolute Gasteiger partial charge is 0.325 e. The minimum absolute atomic E-state index is 0.229. The first-order valence-corrected chi connectivity index (χ1v) is 11.1. The maximum absolute atomic E-state index is 13.3. The third-order valence-electron chi connectivity index (χ3n) is 5.30. The fourth-order valence-electron chi connectivity index (χ4n) is 3.92. The first-order valence-electron chi connectivity index (χ1n) is 9.83. The van der Waals surface area contributed by atoms with Gasteiger partial charge in [-0.25, -0.2) is 9.29 Å². The molecule has 0 saturated heterocycles. The predicted molar refractivity (Wildman–Crippen MR) is 118 cm³/mol. The van der Waals surface area contributed by atoms with Gasteiger partial charge in [-0.05, 0) is 59.5 Å². The van der Waals surface area contributed by atoms with Gasteiger partial charge in [0, 0.05) is 17.6 Å². The van der Waals surface area contributed by atoms with Crippen LogP contribution in [0.5, 0.6) is 0 Å². The lowest BCUT2D eigenvalue weighted by atomic mass is 10.0. The number of benzene rings is 2. The number of amides is 1. The van der Waals surface area contributed by atoms with Crippen LogP contribution in [0.3, 0.4) is 0 Å². The second-order valence-corrected chi connectivity index (χ2v) is 8.04. The molecule has 2 aromatic heterocycles. The van der Waals surface area contributed by atoms with E-state index in [0.29, 0.717) is 39.2 Å². The highest BCUT2D eigenvalue weighted by atomic mass is 32.2. The molecule has 1 atom stereocenters. The number of carbonyl (C=O) groups excluding carboxylic acids is 1. The van der Waals surface area contributed by atoms with E-state index in [-0.39, 0.29) is 17.3 Å². The van der Waals surface area contributed by atoms with E-state index in [1.807, 2.05) is 12.1 Å². The first kappa shape index (κ1) is 20.2. The van der Waals surface area contributed by atoms with E-state index in [1.54, 1.807) is 47.6 Å². The molecule has 32 heavy (non-hydrogen) atoms. The molecule has 0 fully saturated rings. The maximum atomic E-state index is 13.3. The quantitative estimate of drug-likeness (QED) is 0.380. The number of para-hydroxylation sites is 1. The van der Waals surface area contributed by atoms with Crippen molar-refractivity contribution in [3.63, 3.8) is 0 Å². The zero-order valence-corrected chi connectivity index (χ0v) is 18.0. The number of rotatable bonds is 3. The Morgan fingerprint density at radius 1 is 1.16 bits per heavy atom. The Balaban J connectivity index is 1.74. The Labute approximate surface area is 186 Å². The van der Waals surface area contributed by atoms with Gasteiger partial charge in [-0.3, -0.25) is 14.6 Å². The predicted octanol–water partition coefficient (Wildman–Crippen LogP) is 3.76. The number of aromatic nitrogens is 3. The summed E-state index contributed by atoms with van der Waals surface area (Å²) in [6, 6.07) is 16.6. The monoisotopic (exact) mass is 449 g/mol. The summed E-state index contributed by atoms with van der Waals surface area (Å²) in [5.74, 6) is 0.364. The molecule has 2 aromatic carbocycles. The maximum Gasteiger partial charge on any atom is 0.325 e. The number of furan rings is 1. The summed E-state index contributed by atoms with van der Waals surface area (Å²) in [4.78, 5) is 30.2. The second-order valence-electron chi connectivity index (χ2n) is 7.25. The van der Waals surface area contributed by atoms with Crippen molar-refractivity contribution in [1.82, 2.24) is 10.1 Å². The SMILES string of the molecule is CSc1n[n+]2c(c(=O)[nH]1)-c1ccccc1N(C(C)=O)[C@H]2c1ccc(-c2ccc(F)cc2)o1. The van der Waals surface area contributed by atoms with Crippen LogP contribution in [-0.2, 0) is 4.79 Å². The summed E-state index contributed by atoms with van der Waals surface area (Å²) in [5.41, 5.74) is 1.91. The number of nitrogens with zero attached hydrogens (tertiary/aromatic N) is 3. The van der Waals surface area contributed by atoms with Gasteiger partial charge in [-0.15, -0.1) is 0 Å². The Kier molecular flexibility index (Phi) is 4.90. The highest BCUT2D eigenvalue weighted by Gasteiger charge is 2.46. The summed E-state index contributed by atoms with van der Waals surface area (Å²) in [6.07, 6.45) is 0.999. The second kappa shape index (κ2) is 7.76. The highest BCUT2D eigenvalue weighted by Crippen LogP contribution is 2.38. The van der Waals surface area contributed by atoms with Gasteiger partial charge in [0.1, 0.15) is 11.6 Å². The minimum Gasteiger partial charge on any atom is -0.452 e. The molecule has 1 N–H and O–H groups in total. The van der Waals surface area contributed by atoms with Crippen LogP contribution < -0.4 is 15.1 Å². The molecule has 1 aliphatic heterocycles. The number of aromatic amines is 1. The van der Waals surface area contributed by atoms with Crippen molar-refractivity contribution in [1.29, 1.82) is 0 Å². The summed E-state index contributed by atoms with van der Waals surface area (Å²) < 4.78 is 21.0. The number of carbonyl (C=O) groups is 1. The van der Waals surface area contributed by atoms with Crippen LogP contribution in [0.1, 0.15) is 18.8 Å². The van der Waals surface area contributed by atoms with Crippen LogP contribution in [0.2, 0.25) is 0 Å². The van der Waals surface area contributed by atoms with Gasteiger partial charge in [0.15, 0.2) is 5.76 Å². The average molecular weight is 449 g/mol. The van der Waals surface area contributed by atoms with Crippen molar-refractivity contribution in [2.45, 2.75) is 18.2 Å². The van der Waals surface area contributed by atoms with Crippen molar-refractivity contribution in [2.75, 3.05) is 11.2 Å². The number of H-pyrrole nitrogens is 1. The van der Waals surface area contributed by atoms with Crippen LogP contribution in [0.4, 0.5) is 10.1 Å². The van der Waals surface area contributed by atoms with Crippen LogP contribution in [-0.4, -0.2) is 22.2 Å². The molecular weight excluding hydrogens is 431 g/mol. The van der Waals surface area contributed by atoms with Gasteiger partial charge in [0.2, 0.25) is 11.1 Å². The van der Waals surface area contributed by atoms with E-state index < -0.39 is 6.17 Å². The highest BCUT2D eigenvalue weighted by molar-refractivity contribution is 7.98. The number of nitrogens with one attached hydrogen (secondary N) is 1. The molecule has 4 aromatic rings. The largest absolute Gasteiger partial charge is 0.452 e. The summed E-state index contributed by atoms with van der Waals surface area (Å²) >= 11 is 1.29. The third-order valence-corrected chi connectivity index (χ3v) is 5.87. The van der Waals surface area contributed by atoms with E-state index in [2.05, 4.69) is 10.1 Å². The lowest BCUT2D eigenvalue weighted by Crippen LogP contribution is -2.60. The molecule has 0 bridgehead atoms. The van der Waals surface area contributed by atoms with Crippen molar-refractivity contribution >= 4 is 23.4 Å². The molecule has 0 unspecified atom stereocenters. The van der Waals surface area contributed by atoms with E-state index in [9.17, 15) is 14.0 Å². The van der Waals surface area contributed by atoms with Gasteiger partial charge >= 0.3 is 17.4 Å². The number of halogens is 1. The molecule has 0 radical (unpaired) electrons. The molecule has 0 spiro atoms. The lowest BCUT2D eigenvalue weighted by molar-refractivity contribution is -0.764. The van der Waals surface area contributed by atoms with Crippen LogP contribution in [0.15, 0.2) is 75.0 Å². The average Bonchev–Trinajstić information content (AvgIpc) is 3.27. The molecular formula is C23H18FN4O3S+. The van der Waals surface area contributed by atoms with Crippen molar-refractivity contribution in [3.05, 3.63) is 82.6 Å². The zero-order valence-electron chi connectivity index (χ0n) is 17.2. The third kappa shape index (κ3) is 3.21. The van der Waals surface area contributed by atoms with Crippen molar-refractivity contribution < 1.29 is 18.3 Å². The Morgan fingerprint density at radius 3 is 2.62 bits per heavy atom. The number of hydrogen-bond donors (Lipinski definition) is 1. The van der Waals surface area contributed by atoms with Crippen molar-refractivity contribution in [2.24, 2.45) is 0 Å². The fraction of sp³-hybridized carbons (Fsp3) is 0.130. The zero-order chi connectivity index (χ0) is 22.4. The van der Waals surface area contributed by atoms with Gasteiger partial charge in [0.05, 0.1) is 11.3 Å². The molecule has 3 heterocycles. The summed E-state index contributed by atoms with van der Waals surface area (Å²) in [7, 11) is 0. The van der Waals surface area contributed by atoms with Gasteiger partial charge in [-0.2, -0.15) is 0 Å². The molecule has 160 valence electrons. The molecule has 1 aliphatic rings. The summed E-state index contributed by atoms with van der Waals surface area (Å²) in [5, 5.41) is 5.01. The van der Waals surface area contributed by atoms with E-state index >= 15 is 0 Å². The molecule has 0 aliphatic carbocycles. The van der Waals surface area contributed by atoms with E-state index in [4.69, 9.17) is 4.42 Å². The minimum atomic E-state index is -0.806. The number of anilines is 1. The fourth-order valence-corrected chi connectivity index (χ4v) is 4.29. The molecule has 1 amide bonds. The molecule has 5 rings (SSSR count). The van der Waals surface area contributed by atoms with Crippen LogP contribution >= 0.6 is 11.8 Å². The molecule has 9 heteroatoms. The van der Waals surface area contributed by atoms with E-state index in [1.165, 1.54) is 35.5 Å². The van der Waals surface area contributed by atoms with Gasteiger partial charge < -0.3 is 4.42 Å². The number of hydrogen-bond acceptors (Lipinski definition) is 5. The van der Waals surface area contributed by atoms with E-state index in [0.717, 1.165) is 0 Å². The standard InChI is InChI=1S/C23H17FN4O3S/c1-13(29)27-17-6-4-3-5-16(17)20-21(30)25-23(32-2)26-28(20)22(27)19-12-11-18(31-19)14-7-9-15(24)10-8-14/h3-12,22H,1-2H3/p+1/t22-/m1/s1. The number of fused-ring (bicyclic) bond motifs is 3. The Hall–Kier alpha value is -3.72. The normalized spacial score (nSPS) is 14.7. The van der Waals surface area contributed by atoms with Gasteiger partial charge in [0.25, 0.3) is 0 Å². The Bertz CT molecular complexity index is 1400. The lowest BCUT2D eigenvalue weighted by Gasteiger charge is -2.29. The van der Waals surface area contributed by atoms with Gasteiger partial charge in [-0.1, -0.05) is 23.9 Å². The topological polar surface area (TPSA) is 83.1 Å². The van der Waals surface area contributed by atoms with Crippen molar-refractivity contribution in [3.8, 4) is 22.6 Å². The molecule has 0 saturated carbocycles. The Morgan fingerprint density at radius 2 is 1.91 bits per heavy atom. The summed E-state index contributed by atoms with van der Waals surface area (Å²) in [6.45, 7) is 1.46. The number of thioether (sulfide) groups is 1. The molecule has 7 nitrogen and oxygen atoms in total.